The third-order valence-corrected chi connectivity index (χ3v) is 11.1. The number of aryl methyl sites for hydroxylation is 3. The van der Waals surface area contributed by atoms with Crippen molar-refractivity contribution < 1.29 is 25.2 Å². The first-order valence-electron chi connectivity index (χ1n) is 19.4. The number of rotatable bonds is 5. The van der Waals surface area contributed by atoms with Gasteiger partial charge in [0.25, 0.3) is 0 Å². The summed E-state index contributed by atoms with van der Waals surface area (Å²) >= 11 is 0. The molecule has 0 saturated heterocycles. The molecule has 0 spiro atoms. The molecule has 6 aromatic carbocycles. The van der Waals surface area contributed by atoms with Crippen LogP contribution in [0.5, 0.6) is 11.6 Å². The van der Waals surface area contributed by atoms with E-state index in [1.54, 1.807) is 0 Å². The Balaban J connectivity index is 0.00000436. The smallest absolute Gasteiger partial charge is 0.653 e. The number of benzene rings is 6. The van der Waals surface area contributed by atoms with E-state index in [0.717, 1.165) is 72.5 Å². The van der Waals surface area contributed by atoms with Crippen LogP contribution in [-0.2, 0) is 25.8 Å². The summed E-state index contributed by atoms with van der Waals surface area (Å²) in [7, 11) is 0. The molecule has 0 unspecified atom stereocenters. The zero-order valence-electron chi connectivity index (χ0n) is 33.2. The maximum Gasteiger partial charge on any atom is 2.00 e. The Labute approximate surface area is 352 Å². The molecule has 0 fully saturated rings. The van der Waals surface area contributed by atoms with E-state index in [2.05, 4.69) is 166 Å². The normalized spacial score (nSPS) is 12.3. The largest absolute Gasteiger partial charge is 2.00 e. The van der Waals surface area contributed by atoms with E-state index in [1.807, 2.05) is 30.5 Å². The van der Waals surface area contributed by atoms with Gasteiger partial charge < -0.3 is 19.5 Å². The molecule has 0 bridgehead atoms. The summed E-state index contributed by atoms with van der Waals surface area (Å²) < 4.78 is 8.87. The van der Waals surface area contributed by atoms with Gasteiger partial charge in [-0.3, -0.25) is 0 Å². The van der Waals surface area contributed by atoms with Crippen LogP contribution >= 0.6 is 0 Å². The summed E-state index contributed by atoms with van der Waals surface area (Å²) in [5.41, 5.74) is 14.6. The van der Waals surface area contributed by atoms with Crippen molar-refractivity contribution in [1.29, 1.82) is 0 Å². The molecule has 7 heteroatoms. The molecule has 1 aliphatic rings. The van der Waals surface area contributed by atoms with E-state index in [1.165, 1.54) is 27.8 Å². The van der Waals surface area contributed by atoms with Crippen LogP contribution in [0, 0.1) is 26.8 Å². The van der Waals surface area contributed by atoms with Crippen molar-refractivity contribution in [3.63, 3.8) is 0 Å². The summed E-state index contributed by atoms with van der Waals surface area (Å²) in [6.07, 6.45) is 1.90. The van der Waals surface area contributed by atoms with Gasteiger partial charge in [0.15, 0.2) is 0 Å². The first kappa shape index (κ1) is 37.3. The molecular formula is C51H41N5OPd. The van der Waals surface area contributed by atoms with Crippen LogP contribution in [0.25, 0.3) is 55.0 Å². The molecule has 9 aromatic rings. The molecule has 58 heavy (non-hydrogen) atoms. The Morgan fingerprint density at radius 1 is 0.690 bits per heavy atom. The van der Waals surface area contributed by atoms with E-state index < -0.39 is 0 Å². The number of nitrogens with zero attached hydrogens (tertiary/aromatic N) is 5. The average Bonchev–Trinajstić information content (AvgIpc) is 3.53. The maximum absolute atomic E-state index is 6.68. The molecule has 4 heterocycles. The third-order valence-electron chi connectivity index (χ3n) is 11.1. The average molecular weight is 846 g/mol. The molecule has 10 rings (SSSR count). The Morgan fingerprint density at radius 3 is 2.21 bits per heavy atom. The van der Waals surface area contributed by atoms with Crippen LogP contribution in [-0.4, -0.2) is 14.5 Å². The Morgan fingerprint density at radius 2 is 1.41 bits per heavy atom. The molecular weight excluding hydrogens is 805 g/mol. The van der Waals surface area contributed by atoms with Gasteiger partial charge in [-0.2, -0.15) is 6.07 Å². The second kappa shape index (κ2) is 14.3. The predicted octanol–water partition coefficient (Wildman–Crippen LogP) is 14.3. The van der Waals surface area contributed by atoms with Crippen molar-refractivity contribution in [3.8, 4) is 28.6 Å². The van der Waals surface area contributed by atoms with E-state index in [9.17, 15) is 0 Å². The first-order chi connectivity index (χ1) is 27.6. The molecule has 0 N–H and O–H groups in total. The Kier molecular flexibility index (Phi) is 9.19. The molecule has 286 valence electrons. The minimum Gasteiger partial charge on any atom is -0.653 e. The Bertz CT molecular complexity index is 3030. The number of pyridine rings is 2. The topological polar surface area (TPSA) is 57.3 Å². The fourth-order valence-corrected chi connectivity index (χ4v) is 8.54. The number of hydrogen-bond acceptors (Lipinski definition) is 4. The van der Waals surface area contributed by atoms with Gasteiger partial charge in [-0.15, -0.1) is 23.2 Å². The molecule has 0 aliphatic carbocycles. The maximum atomic E-state index is 6.68. The molecule has 0 saturated carbocycles. The number of anilines is 3. The van der Waals surface area contributed by atoms with Gasteiger partial charge >= 0.3 is 20.4 Å². The van der Waals surface area contributed by atoms with Crippen LogP contribution in [0.15, 0.2) is 140 Å². The van der Waals surface area contributed by atoms with Gasteiger partial charge in [-0.05, 0) is 108 Å². The standard InChI is InChI=1S/C51H41N5O.Pd/c1-31-26-32(2)48(33(3)27-31)40-30-45-50(53-41-17-11-13-19-43(41)55(45)35-14-8-7-9-15-35)49-39(40)22-23-47(54-49)57-36-20-21-38-37-16-10-12-18-42(37)56(44(38)29-36)46-28-34(24-25-52-46)51(4,5)6;/h7-28,30H,1-6H3;/q-2;+2. The van der Waals surface area contributed by atoms with Gasteiger partial charge in [0.2, 0.25) is 5.88 Å². The van der Waals surface area contributed by atoms with Crippen molar-refractivity contribution in [1.82, 2.24) is 14.5 Å². The zero-order chi connectivity index (χ0) is 39.0. The first-order valence-corrected chi connectivity index (χ1v) is 19.4. The second-order valence-electron chi connectivity index (χ2n) is 16.1. The number of fused-ring (bicyclic) bond motifs is 7. The number of aromatic nitrogens is 3. The zero-order valence-corrected chi connectivity index (χ0v) is 34.8. The summed E-state index contributed by atoms with van der Waals surface area (Å²) in [6.45, 7) is 13.2. The van der Waals surface area contributed by atoms with Gasteiger partial charge in [0.05, 0.1) is 5.52 Å². The van der Waals surface area contributed by atoms with Gasteiger partial charge in [-0.25, -0.2) is 9.97 Å². The number of para-hydroxylation sites is 4. The van der Waals surface area contributed by atoms with Gasteiger partial charge in [-0.1, -0.05) is 104 Å². The molecule has 1 aliphatic heterocycles. The van der Waals surface area contributed by atoms with E-state index in [4.69, 9.17) is 20.0 Å². The fourth-order valence-electron chi connectivity index (χ4n) is 8.54. The number of hydrogen-bond donors (Lipinski definition) is 0. The van der Waals surface area contributed by atoms with Crippen molar-refractivity contribution in [2.45, 2.75) is 47.0 Å². The Hall–Kier alpha value is -6.26. The van der Waals surface area contributed by atoms with E-state index >= 15 is 0 Å². The van der Waals surface area contributed by atoms with Crippen molar-refractivity contribution >= 4 is 61.1 Å². The molecule has 6 nitrogen and oxygen atoms in total. The summed E-state index contributed by atoms with van der Waals surface area (Å²) in [6, 6.07) is 50.1. The SMILES string of the molecule is Cc1cc(C)c(-c2cc3c(c4nc(Oc5[c-]c6c(cc5)c5ccccc5n6-c5cc(C(C)(C)C)ccn5)ccc24)[N-]c2ccccc2N3c2ccccc2)c(C)c1.[Pd+2]. The third kappa shape index (κ3) is 6.23. The van der Waals surface area contributed by atoms with Crippen LogP contribution < -0.4 is 9.64 Å². The fraction of sp³-hybridized carbons (Fsp3) is 0.137. The number of ether oxygens (including phenoxy) is 1. The molecule has 3 aromatic heterocycles. The van der Waals surface area contributed by atoms with E-state index in [-0.39, 0.29) is 25.8 Å². The minimum absolute atomic E-state index is 0. The van der Waals surface area contributed by atoms with Crippen LogP contribution in [0.4, 0.5) is 28.4 Å². The van der Waals surface area contributed by atoms with Gasteiger partial charge in [0.1, 0.15) is 5.82 Å². The summed E-state index contributed by atoms with van der Waals surface area (Å²) in [5.74, 6) is 1.87. The molecule has 0 amide bonds. The summed E-state index contributed by atoms with van der Waals surface area (Å²) in [4.78, 5) is 12.5. The predicted molar refractivity (Wildman–Crippen MR) is 235 cm³/mol. The van der Waals surface area contributed by atoms with Crippen molar-refractivity contribution in [2.24, 2.45) is 0 Å². The van der Waals surface area contributed by atoms with Crippen LogP contribution in [0.1, 0.15) is 43.0 Å². The van der Waals surface area contributed by atoms with Crippen molar-refractivity contribution in [3.05, 3.63) is 173 Å². The molecule has 0 atom stereocenters. The quantitative estimate of drug-likeness (QED) is 0.128. The monoisotopic (exact) mass is 845 g/mol. The summed E-state index contributed by atoms with van der Waals surface area (Å²) in [5, 5.41) is 8.53. The molecule has 0 radical (unpaired) electrons. The van der Waals surface area contributed by atoms with Crippen molar-refractivity contribution in [2.75, 3.05) is 4.90 Å². The van der Waals surface area contributed by atoms with E-state index in [0.29, 0.717) is 11.6 Å². The van der Waals surface area contributed by atoms with Gasteiger partial charge in [0, 0.05) is 46.0 Å². The van der Waals surface area contributed by atoms with Crippen LogP contribution in [0.3, 0.4) is 0 Å². The minimum atomic E-state index is -0.0292. The second-order valence-corrected chi connectivity index (χ2v) is 16.1. The van der Waals surface area contributed by atoms with Crippen LogP contribution in [0.2, 0.25) is 0 Å².